The highest BCUT2D eigenvalue weighted by Crippen LogP contribution is 2.04. The Morgan fingerprint density at radius 1 is 1.08 bits per heavy atom. The third-order valence-electron chi connectivity index (χ3n) is 1.91. The second-order valence-corrected chi connectivity index (χ2v) is 4.23. The minimum Gasteiger partial charge on any atom is -0.0734 e. The van der Waals surface area contributed by atoms with Crippen molar-refractivity contribution in [2.24, 2.45) is 0 Å². The zero-order chi connectivity index (χ0) is 8.39. The van der Waals surface area contributed by atoms with Crippen LogP contribution in [0.1, 0.15) is 0 Å². The minimum absolute atomic E-state index is 0.516. The Kier molecular flexibility index (Phi) is 2.30. The molecule has 0 saturated heterocycles. The topological polar surface area (TPSA) is 0 Å². The van der Waals surface area contributed by atoms with E-state index in [1.807, 2.05) is 0 Å². The zero-order valence-corrected chi connectivity index (χ0v) is 8.73. The van der Waals surface area contributed by atoms with Crippen LogP contribution < -0.4 is 10.4 Å². The summed E-state index contributed by atoms with van der Waals surface area (Å²) in [5, 5.41) is 2.65. The molecule has 0 heterocycles. The number of benzene rings is 1. The van der Waals surface area contributed by atoms with E-state index in [1.54, 1.807) is 0 Å². The Bertz CT molecular complexity index is 415. The van der Waals surface area contributed by atoms with Crippen LogP contribution in [0.3, 0.4) is 0 Å². The van der Waals surface area contributed by atoms with Gasteiger partial charge in [0.15, 0.2) is 0 Å². The van der Waals surface area contributed by atoms with E-state index in [-0.39, 0.29) is 0 Å². The molecule has 0 nitrogen and oxygen atoms in total. The first-order valence-corrected chi connectivity index (χ1v) is 5.20. The largest absolute Gasteiger partial charge is 0.0734 e. The van der Waals surface area contributed by atoms with Crippen molar-refractivity contribution < 1.29 is 0 Å². The van der Waals surface area contributed by atoms with E-state index in [0.717, 1.165) is 0 Å². The quantitative estimate of drug-likeness (QED) is 0.495. The molecule has 2 rings (SSSR count). The van der Waals surface area contributed by atoms with Gasteiger partial charge in [-0.15, -0.1) is 0 Å². The van der Waals surface area contributed by atoms with Crippen molar-refractivity contribution in [3.05, 3.63) is 46.9 Å². The maximum absolute atomic E-state index is 2.42. The maximum atomic E-state index is 2.42. The van der Waals surface area contributed by atoms with Crippen LogP contribution in [0.15, 0.2) is 36.4 Å². The molecule has 0 radical (unpaired) electrons. The van der Waals surface area contributed by atoms with E-state index >= 15 is 0 Å². The summed E-state index contributed by atoms with van der Waals surface area (Å²) in [6.07, 6.45) is 8.75. The number of fused-ring (bicyclic) bond motifs is 1. The minimum atomic E-state index is 0.516. The summed E-state index contributed by atoms with van der Waals surface area (Å²) in [5.74, 6) is 0. The molecule has 1 aliphatic rings. The average Bonchev–Trinajstić information content (AvgIpc) is 2.25. The molecular weight excluding hydrogens is 259 g/mol. The fourth-order valence-electron chi connectivity index (χ4n) is 1.31. The standard InChI is InChI=1S/C11H9I/c12-11-7-3-6-9-4-1-2-5-10(9)8-11/h1-8,11H. The molecule has 0 aliphatic heterocycles. The van der Waals surface area contributed by atoms with Crippen LogP contribution in [0.2, 0.25) is 0 Å². The van der Waals surface area contributed by atoms with E-state index < -0.39 is 0 Å². The van der Waals surface area contributed by atoms with Crippen LogP contribution in [-0.4, -0.2) is 3.92 Å². The molecule has 1 aliphatic carbocycles. The van der Waals surface area contributed by atoms with Crippen molar-refractivity contribution >= 4 is 34.7 Å². The van der Waals surface area contributed by atoms with Gasteiger partial charge >= 0.3 is 0 Å². The highest BCUT2D eigenvalue weighted by atomic mass is 127. The van der Waals surface area contributed by atoms with Crippen LogP contribution in [0, 0.1) is 0 Å². The molecule has 0 spiro atoms. The smallest absolute Gasteiger partial charge is 0.0481 e. The Hall–Kier alpha value is -0.570. The van der Waals surface area contributed by atoms with E-state index in [0.29, 0.717) is 3.92 Å². The Balaban J connectivity index is 2.75. The Morgan fingerprint density at radius 3 is 2.67 bits per heavy atom. The predicted molar refractivity (Wildman–Crippen MR) is 61.6 cm³/mol. The molecule has 60 valence electrons. The summed E-state index contributed by atoms with van der Waals surface area (Å²) in [7, 11) is 0. The lowest BCUT2D eigenvalue weighted by molar-refractivity contribution is 1.49. The molecular formula is C11H9I. The van der Waals surface area contributed by atoms with Crippen LogP contribution in [-0.2, 0) is 0 Å². The van der Waals surface area contributed by atoms with E-state index in [4.69, 9.17) is 0 Å². The van der Waals surface area contributed by atoms with Crippen molar-refractivity contribution in [1.82, 2.24) is 0 Å². The molecule has 1 heteroatoms. The van der Waals surface area contributed by atoms with E-state index in [1.165, 1.54) is 10.4 Å². The molecule has 0 fully saturated rings. The van der Waals surface area contributed by atoms with Gasteiger partial charge in [0, 0.05) is 3.92 Å². The molecule has 12 heavy (non-hydrogen) atoms. The van der Waals surface area contributed by atoms with E-state index in [9.17, 15) is 0 Å². The second-order valence-electron chi connectivity index (χ2n) is 2.79. The summed E-state index contributed by atoms with van der Waals surface area (Å²) >= 11 is 2.42. The van der Waals surface area contributed by atoms with Gasteiger partial charge in [-0.2, -0.15) is 0 Å². The molecule has 0 saturated carbocycles. The number of rotatable bonds is 0. The van der Waals surface area contributed by atoms with Crippen molar-refractivity contribution in [3.8, 4) is 0 Å². The zero-order valence-electron chi connectivity index (χ0n) is 6.57. The summed E-state index contributed by atoms with van der Waals surface area (Å²) < 4.78 is 0.516. The van der Waals surface area contributed by atoms with Crippen molar-refractivity contribution in [3.63, 3.8) is 0 Å². The summed E-state index contributed by atoms with van der Waals surface area (Å²) in [6.45, 7) is 0. The van der Waals surface area contributed by atoms with Gasteiger partial charge in [0.05, 0.1) is 0 Å². The van der Waals surface area contributed by atoms with Crippen LogP contribution in [0.4, 0.5) is 0 Å². The fraction of sp³-hybridized carbons (Fsp3) is 0.0909. The average molecular weight is 268 g/mol. The van der Waals surface area contributed by atoms with Gasteiger partial charge in [-0.3, -0.25) is 0 Å². The third-order valence-corrected chi connectivity index (χ3v) is 2.68. The molecule has 1 atom stereocenters. The second kappa shape index (κ2) is 3.44. The summed E-state index contributed by atoms with van der Waals surface area (Å²) in [5.41, 5.74) is 0. The monoisotopic (exact) mass is 268 g/mol. The number of alkyl halides is 1. The van der Waals surface area contributed by atoms with Crippen LogP contribution in [0.5, 0.6) is 0 Å². The lowest BCUT2D eigenvalue weighted by atomic mass is 10.2. The number of halogens is 1. The molecule has 0 aromatic heterocycles. The SMILES string of the molecule is IC1C=CC=c2ccccc2=C1. The molecule has 0 amide bonds. The molecule has 1 aromatic rings. The highest BCUT2D eigenvalue weighted by molar-refractivity contribution is 14.1. The van der Waals surface area contributed by atoms with Crippen molar-refractivity contribution in [1.29, 1.82) is 0 Å². The third kappa shape index (κ3) is 1.61. The highest BCUT2D eigenvalue weighted by Gasteiger charge is 1.94. The van der Waals surface area contributed by atoms with Gasteiger partial charge in [0.25, 0.3) is 0 Å². The van der Waals surface area contributed by atoms with Gasteiger partial charge in [0.1, 0.15) is 0 Å². The summed E-state index contributed by atoms with van der Waals surface area (Å²) in [4.78, 5) is 0. The number of hydrogen-bond donors (Lipinski definition) is 0. The van der Waals surface area contributed by atoms with Crippen molar-refractivity contribution in [2.45, 2.75) is 3.92 Å². The van der Waals surface area contributed by atoms with Gasteiger partial charge < -0.3 is 0 Å². The first kappa shape index (κ1) is 8.05. The fourth-order valence-corrected chi connectivity index (χ4v) is 1.93. The Labute approximate surface area is 85.4 Å². The lowest BCUT2D eigenvalue weighted by Crippen LogP contribution is -2.23. The van der Waals surface area contributed by atoms with Crippen LogP contribution >= 0.6 is 22.6 Å². The molecule has 1 aromatic carbocycles. The number of allylic oxidation sites excluding steroid dienone is 2. The first-order valence-electron chi connectivity index (χ1n) is 3.96. The number of hydrogen-bond acceptors (Lipinski definition) is 0. The summed E-state index contributed by atoms with van der Waals surface area (Å²) in [6, 6.07) is 8.46. The molecule has 0 bridgehead atoms. The van der Waals surface area contributed by atoms with Gasteiger partial charge in [-0.05, 0) is 10.4 Å². The lowest BCUT2D eigenvalue weighted by Gasteiger charge is -1.91. The van der Waals surface area contributed by atoms with Gasteiger partial charge in [-0.25, -0.2) is 0 Å². The van der Waals surface area contributed by atoms with Gasteiger partial charge in [-0.1, -0.05) is 71.2 Å². The van der Waals surface area contributed by atoms with Crippen molar-refractivity contribution in [2.75, 3.05) is 0 Å². The maximum Gasteiger partial charge on any atom is 0.0481 e. The van der Waals surface area contributed by atoms with E-state index in [2.05, 4.69) is 71.2 Å². The molecule has 0 N–H and O–H groups in total. The first-order chi connectivity index (χ1) is 5.86. The normalized spacial score (nSPS) is 20.2. The predicted octanol–water partition coefficient (Wildman–Crippen LogP) is 1.62. The molecule has 1 unspecified atom stereocenters. The Morgan fingerprint density at radius 2 is 1.83 bits per heavy atom. The van der Waals surface area contributed by atoms with Gasteiger partial charge in [0.2, 0.25) is 0 Å². The van der Waals surface area contributed by atoms with Crippen LogP contribution in [0.25, 0.3) is 12.2 Å².